The first-order chi connectivity index (χ1) is 9.66. The van der Waals surface area contributed by atoms with E-state index in [1.807, 2.05) is 37.3 Å². The van der Waals surface area contributed by atoms with Gasteiger partial charge in [0, 0.05) is 18.1 Å². The average Bonchev–Trinajstić information content (AvgIpc) is 2.92. The zero-order valence-corrected chi connectivity index (χ0v) is 11.2. The van der Waals surface area contributed by atoms with Crippen LogP contribution in [0.1, 0.15) is 12.5 Å². The van der Waals surface area contributed by atoms with Crippen molar-refractivity contribution < 1.29 is 4.79 Å². The fraction of sp³-hybridized carbons (Fsp3) is 0.143. The van der Waals surface area contributed by atoms with E-state index in [9.17, 15) is 4.79 Å². The van der Waals surface area contributed by atoms with E-state index >= 15 is 0 Å². The Morgan fingerprint density at radius 2 is 2.00 bits per heavy atom. The van der Waals surface area contributed by atoms with E-state index in [0.29, 0.717) is 11.6 Å². The van der Waals surface area contributed by atoms with E-state index in [4.69, 9.17) is 0 Å². The third-order valence-corrected chi connectivity index (χ3v) is 2.99. The molecule has 0 spiro atoms. The first-order valence-electron chi connectivity index (χ1n) is 6.20. The van der Waals surface area contributed by atoms with Crippen molar-refractivity contribution in [3.05, 3.63) is 42.2 Å². The van der Waals surface area contributed by atoms with Gasteiger partial charge in [-0.15, -0.1) is 0 Å². The minimum absolute atomic E-state index is 0.197. The lowest BCUT2D eigenvalue weighted by molar-refractivity contribution is -0.114. The summed E-state index contributed by atoms with van der Waals surface area (Å²) in [6.45, 7) is 3.38. The summed E-state index contributed by atoms with van der Waals surface area (Å²) in [6, 6.07) is 9.79. The van der Waals surface area contributed by atoms with Gasteiger partial charge in [-0.25, -0.2) is 9.97 Å². The molecule has 0 unspecified atom stereocenters. The van der Waals surface area contributed by atoms with Gasteiger partial charge in [-0.1, -0.05) is 30.3 Å². The van der Waals surface area contributed by atoms with Crippen LogP contribution in [0.15, 0.2) is 36.7 Å². The number of nitrogens with zero attached hydrogens (tertiary/aromatic N) is 4. The standard InChI is InChI=1S/C14H13N5O/c1-9-12(11-6-4-3-5-7-11)18-14(17-10(2)20)19-13(9)15-8-16-19/h3-8H,1-2H3,(H,17,18,20). The summed E-state index contributed by atoms with van der Waals surface area (Å²) in [7, 11) is 0. The summed E-state index contributed by atoms with van der Waals surface area (Å²) in [5.74, 6) is 0.173. The van der Waals surface area contributed by atoms with Crippen molar-refractivity contribution in [3.8, 4) is 11.3 Å². The van der Waals surface area contributed by atoms with Crippen LogP contribution in [0.25, 0.3) is 16.9 Å². The number of anilines is 1. The minimum atomic E-state index is -0.197. The molecule has 0 aliphatic carbocycles. The number of nitrogens with one attached hydrogen (secondary N) is 1. The molecule has 1 N–H and O–H groups in total. The zero-order chi connectivity index (χ0) is 14.1. The molecule has 0 fully saturated rings. The molecular weight excluding hydrogens is 254 g/mol. The highest BCUT2D eigenvalue weighted by atomic mass is 16.1. The second-order valence-electron chi connectivity index (χ2n) is 4.45. The Kier molecular flexibility index (Phi) is 2.90. The molecule has 2 aromatic heterocycles. The Labute approximate surface area is 115 Å². The average molecular weight is 267 g/mol. The molecule has 1 aromatic carbocycles. The van der Waals surface area contributed by atoms with Crippen molar-refractivity contribution in [2.45, 2.75) is 13.8 Å². The minimum Gasteiger partial charge on any atom is -0.295 e. The van der Waals surface area contributed by atoms with Crippen molar-refractivity contribution in [1.82, 2.24) is 19.6 Å². The summed E-state index contributed by atoms with van der Waals surface area (Å²) < 4.78 is 1.53. The lowest BCUT2D eigenvalue weighted by atomic mass is 10.1. The Hall–Kier alpha value is -2.76. The van der Waals surface area contributed by atoms with Crippen LogP contribution in [0.4, 0.5) is 5.95 Å². The number of carbonyl (C=O) groups excluding carboxylic acids is 1. The molecule has 0 saturated heterocycles. The van der Waals surface area contributed by atoms with Crippen molar-refractivity contribution in [3.63, 3.8) is 0 Å². The highest BCUT2D eigenvalue weighted by Gasteiger charge is 2.14. The fourth-order valence-corrected chi connectivity index (χ4v) is 2.11. The molecule has 6 nitrogen and oxygen atoms in total. The third-order valence-electron chi connectivity index (χ3n) is 2.99. The molecule has 3 rings (SSSR count). The van der Waals surface area contributed by atoms with E-state index in [1.165, 1.54) is 17.8 Å². The molecule has 0 aliphatic heterocycles. The number of carbonyl (C=O) groups is 1. The number of aromatic nitrogens is 4. The van der Waals surface area contributed by atoms with Crippen LogP contribution in [-0.2, 0) is 4.79 Å². The van der Waals surface area contributed by atoms with E-state index in [-0.39, 0.29) is 5.91 Å². The predicted octanol–water partition coefficient (Wildman–Crippen LogP) is 2.06. The Bertz CT molecular complexity index is 779. The summed E-state index contributed by atoms with van der Waals surface area (Å²) in [5.41, 5.74) is 3.36. The number of benzene rings is 1. The van der Waals surface area contributed by atoms with Gasteiger partial charge >= 0.3 is 0 Å². The maximum atomic E-state index is 11.3. The van der Waals surface area contributed by atoms with Gasteiger partial charge < -0.3 is 0 Å². The van der Waals surface area contributed by atoms with Gasteiger partial charge in [-0.05, 0) is 6.92 Å². The van der Waals surface area contributed by atoms with Crippen LogP contribution in [0, 0.1) is 6.92 Å². The second-order valence-corrected chi connectivity index (χ2v) is 4.45. The molecule has 6 heteroatoms. The van der Waals surface area contributed by atoms with Gasteiger partial charge in [0.25, 0.3) is 0 Å². The lowest BCUT2D eigenvalue weighted by Gasteiger charge is -2.10. The summed E-state index contributed by atoms with van der Waals surface area (Å²) in [5, 5.41) is 6.78. The smallest absolute Gasteiger partial charge is 0.233 e. The van der Waals surface area contributed by atoms with E-state index in [1.54, 1.807) is 0 Å². The SMILES string of the molecule is CC(=O)Nc1nc(-c2ccccc2)c(C)c2ncnn12. The highest BCUT2D eigenvalue weighted by Crippen LogP contribution is 2.25. The number of amides is 1. The van der Waals surface area contributed by atoms with Crippen molar-refractivity contribution in [1.29, 1.82) is 0 Å². The van der Waals surface area contributed by atoms with Gasteiger partial charge in [0.2, 0.25) is 11.9 Å². The largest absolute Gasteiger partial charge is 0.295 e. The predicted molar refractivity (Wildman–Crippen MR) is 75.3 cm³/mol. The van der Waals surface area contributed by atoms with Gasteiger partial charge in [-0.2, -0.15) is 9.61 Å². The molecule has 0 saturated carbocycles. The van der Waals surface area contributed by atoms with E-state index in [0.717, 1.165) is 16.8 Å². The van der Waals surface area contributed by atoms with Crippen LogP contribution >= 0.6 is 0 Å². The zero-order valence-electron chi connectivity index (χ0n) is 11.2. The number of rotatable bonds is 2. The van der Waals surface area contributed by atoms with Gasteiger partial charge in [-0.3, -0.25) is 10.1 Å². The first-order valence-corrected chi connectivity index (χ1v) is 6.20. The van der Waals surface area contributed by atoms with E-state index < -0.39 is 0 Å². The lowest BCUT2D eigenvalue weighted by Crippen LogP contribution is -2.13. The molecule has 1 amide bonds. The normalized spacial score (nSPS) is 10.7. The molecule has 0 radical (unpaired) electrons. The molecule has 20 heavy (non-hydrogen) atoms. The third kappa shape index (κ3) is 2.01. The van der Waals surface area contributed by atoms with Crippen molar-refractivity contribution >= 4 is 17.5 Å². The summed E-state index contributed by atoms with van der Waals surface area (Å²) in [4.78, 5) is 20.0. The molecule has 0 aliphatic rings. The van der Waals surface area contributed by atoms with Crippen LogP contribution < -0.4 is 5.32 Å². The van der Waals surface area contributed by atoms with Crippen LogP contribution in [0.5, 0.6) is 0 Å². The monoisotopic (exact) mass is 267 g/mol. The Balaban J connectivity index is 2.27. The maximum absolute atomic E-state index is 11.3. The highest BCUT2D eigenvalue weighted by molar-refractivity contribution is 5.87. The van der Waals surface area contributed by atoms with Gasteiger partial charge in [0.05, 0.1) is 5.69 Å². The molecular formula is C14H13N5O. The summed E-state index contributed by atoms with van der Waals surface area (Å²) >= 11 is 0. The van der Waals surface area contributed by atoms with Crippen LogP contribution in [0.2, 0.25) is 0 Å². The maximum Gasteiger partial charge on any atom is 0.233 e. The topological polar surface area (TPSA) is 72.2 Å². The number of hydrogen-bond donors (Lipinski definition) is 1. The van der Waals surface area contributed by atoms with Crippen molar-refractivity contribution in [2.24, 2.45) is 0 Å². The molecule has 0 bridgehead atoms. The molecule has 100 valence electrons. The molecule has 0 atom stereocenters. The second kappa shape index (κ2) is 4.73. The van der Waals surface area contributed by atoms with Crippen LogP contribution in [-0.4, -0.2) is 25.5 Å². The van der Waals surface area contributed by atoms with Gasteiger partial charge in [0.15, 0.2) is 5.65 Å². The van der Waals surface area contributed by atoms with E-state index in [2.05, 4.69) is 20.4 Å². The number of fused-ring (bicyclic) bond motifs is 1. The quantitative estimate of drug-likeness (QED) is 0.771. The Morgan fingerprint density at radius 3 is 2.70 bits per heavy atom. The number of aryl methyl sites for hydroxylation is 1. The Morgan fingerprint density at radius 1 is 1.25 bits per heavy atom. The van der Waals surface area contributed by atoms with Crippen LogP contribution in [0.3, 0.4) is 0 Å². The summed E-state index contributed by atoms with van der Waals surface area (Å²) in [6.07, 6.45) is 1.45. The van der Waals surface area contributed by atoms with Gasteiger partial charge in [0.1, 0.15) is 6.33 Å². The number of hydrogen-bond acceptors (Lipinski definition) is 4. The van der Waals surface area contributed by atoms with Crippen molar-refractivity contribution in [2.75, 3.05) is 5.32 Å². The first kappa shape index (κ1) is 12.3. The molecule has 2 heterocycles. The molecule has 3 aromatic rings. The fourth-order valence-electron chi connectivity index (χ4n) is 2.11.